The molecule has 1 aromatic rings. The van der Waals surface area contributed by atoms with Crippen LogP contribution in [0, 0.1) is 10.1 Å². The number of alkyl halides is 2. The second kappa shape index (κ2) is 8.02. The van der Waals surface area contributed by atoms with Crippen LogP contribution >= 0.6 is 12.4 Å². The van der Waals surface area contributed by atoms with Gasteiger partial charge in [-0.2, -0.15) is 8.78 Å². The summed E-state index contributed by atoms with van der Waals surface area (Å²) in [6.45, 7) is 0.0985. The van der Waals surface area contributed by atoms with Gasteiger partial charge in [-0.3, -0.25) is 14.9 Å². The molecule has 0 bridgehead atoms. The van der Waals surface area contributed by atoms with Gasteiger partial charge in [-0.1, -0.05) is 0 Å². The lowest BCUT2D eigenvalue weighted by Crippen LogP contribution is -2.51. The molecule has 10 heteroatoms. The number of hydrogen-bond donors (Lipinski definition) is 1. The van der Waals surface area contributed by atoms with Gasteiger partial charge >= 0.3 is 6.61 Å². The first kappa shape index (κ1) is 19.0. The van der Waals surface area contributed by atoms with Crippen LogP contribution in [0.1, 0.15) is 17.3 Å². The maximum Gasteiger partial charge on any atom is 0.387 e. The number of nitro groups is 1. The first-order chi connectivity index (χ1) is 10.4. The Morgan fingerprint density at radius 1 is 1.52 bits per heavy atom. The van der Waals surface area contributed by atoms with Gasteiger partial charge in [0.25, 0.3) is 11.6 Å². The molecule has 1 atom stereocenters. The third-order valence-corrected chi connectivity index (χ3v) is 3.28. The van der Waals surface area contributed by atoms with Crippen molar-refractivity contribution >= 4 is 24.0 Å². The standard InChI is InChI=1S/C13H15F2N3O4.ClH/c1-8-7-17(5-4-16-8)12(19)10-6-9(18(20)21)2-3-11(10)22-13(14)15;/h2-3,6,8,13,16H,4-5,7H2,1H3;1H/t8-;/m1./s1. The van der Waals surface area contributed by atoms with Gasteiger partial charge in [-0.25, -0.2) is 0 Å². The molecule has 0 aromatic heterocycles. The zero-order valence-electron chi connectivity index (χ0n) is 12.2. The molecule has 7 nitrogen and oxygen atoms in total. The van der Waals surface area contributed by atoms with E-state index in [0.29, 0.717) is 19.6 Å². The van der Waals surface area contributed by atoms with E-state index in [1.807, 2.05) is 6.92 Å². The Labute approximate surface area is 137 Å². The Hall–Kier alpha value is -2.00. The van der Waals surface area contributed by atoms with Gasteiger partial charge in [-0.15, -0.1) is 12.4 Å². The monoisotopic (exact) mass is 351 g/mol. The summed E-state index contributed by atoms with van der Waals surface area (Å²) in [5.74, 6) is -0.926. The Kier molecular flexibility index (Phi) is 6.64. The summed E-state index contributed by atoms with van der Waals surface area (Å²) >= 11 is 0. The first-order valence-electron chi connectivity index (χ1n) is 6.64. The maximum atomic E-state index is 12.5. The Morgan fingerprint density at radius 3 is 2.78 bits per heavy atom. The van der Waals surface area contributed by atoms with Gasteiger partial charge in [0.05, 0.1) is 10.5 Å². The fourth-order valence-electron chi connectivity index (χ4n) is 2.28. The summed E-state index contributed by atoms with van der Waals surface area (Å²) in [7, 11) is 0. The van der Waals surface area contributed by atoms with Crippen molar-refractivity contribution in [2.45, 2.75) is 19.6 Å². The average molecular weight is 352 g/mol. The normalized spacial score (nSPS) is 17.6. The second-order valence-corrected chi connectivity index (χ2v) is 4.92. The van der Waals surface area contributed by atoms with E-state index < -0.39 is 17.4 Å². The molecule has 1 aliphatic rings. The van der Waals surface area contributed by atoms with Gasteiger partial charge in [0.1, 0.15) is 5.75 Å². The van der Waals surface area contributed by atoms with Gasteiger partial charge in [0.2, 0.25) is 0 Å². The van der Waals surface area contributed by atoms with Gasteiger partial charge in [0, 0.05) is 37.8 Å². The summed E-state index contributed by atoms with van der Waals surface area (Å²) in [4.78, 5) is 24.1. The van der Waals surface area contributed by atoms with Crippen molar-refractivity contribution in [1.29, 1.82) is 0 Å². The highest BCUT2D eigenvalue weighted by Gasteiger charge is 2.26. The molecule has 1 aromatic carbocycles. The predicted octanol–water partition coefficient (Wildman–Crippen LogP) is 2.05. The van der Waals surface area contributed by atoms with Gasteiger partial charge in [0.15, 0.2) is 0 Å². The molecule has 128 valence electrons. The number of hydrogen-bond acceptors (Lipinski definition) is 5. The lowest BCUT2D eigenvalue weighted by molar-refractivity contribution is -0.384. The Bertz CT molecular complexity index is 588. The minimum Gasteiger partial charge on any atom is -0.434 e. The number of benzene rings is 1. The zero-order valence-corrected chi connectivity index (χ0v) is 13.0. The first-order valence-corrected chi connectivity index (χ1v) is 6.64. The van der Waals surface area contributed by atoms with Crippen LogP contribution in [0.2, 0.25) is 0 Å². The van der Waals surface area contributed by atoms with Crippen LogP contribution in [0.5, 0.6) is 5.75 Å². The quantitative estimate of drug-likeness (QED) is 0.663. The van der Waals surface area contributed by atoms with Crippen molar-refractivity contribution in [2.24, 2.45) is 0 Å². The van der Waals surface area contributed by atoms with E-state index in [1.54, 1.807) is 0 Å². The number of non-ortho nitro benzene ring substituents is 1. The van der Waals surface area contributed by atoms with Gasteiger partial charge in [-0.05, 0) is 13.0 Å². The van der Waals surface area contributed by atoms with E-state index in [1.165, 1.54) is 4.90 Å². The SMILES string of the molecule is C[C@@H]1CN(C(=O)c2cc([N+](=O)[O-])ccc2OC(F)F)CCN1.Cl. The molecular formula is C13H16ClF2N3O4. The minimum absolute atomic E-state index is 0. The summed E-state index contributed by atoms with van der Waals surface area (Å²) in [6, 6.07) is 3.06. The topological polar surface area (TPSA) is 84.7 Å². The Balaban J connectivity index is 0.00000264. The molecule has 0 aliphatic carbocycles. The summed E-state index contributed by atoms with van der Waals surface area (Å²) in [5.41, 5.74) is -0.586. The van der Waals surface area contributed by atoms with E-state index in [2.05, 4.69) is 10.1 Å². The van der Waals surface area contributed by atoms with E-state index in [-0.39, 0.29) is 35.4 Å². The van der Waals surface area contributed by atoms with Crippen molar-refractivity contribution in [1.82, 2.24) is 10.2 Å². The molecule has 1 amide bonds. The highest BCUT2D eigenvalue weighted by Crippen LogP contribution is 2.27. The van der Waals surface area contributed by atoms with E-state index in [0.717, 1.165) is 18.2 Å². The highest BCUT2D eigenvalue weighted by atomic mass is 35.5. The van der Waals surface area contributed by atoms with Crippen molar-refractivity contribution < 1.29 is 23.2 Å². The van der Waals surface area contributed by atoms with Crippen LogP contribution in [0.4, 0.5) is 14.5 Å². The molecule has 1 N–H and O–H groups in total. The molecule has 1 aliphatic heterocycles. The number of rotatable bonds is 4. The third kappa shape index (κ3) is 4.73. The van der Waals surface area contributed by atoms with Crippen LogP contribution in [0.3, 0.4) is 0 Å². The molecule has 23 heavy (non-hydrogen) atoms. The molecule has 0 radical (unpaired) electrons. The molecule has 1 heterocycles. The number of nitrogens with one attached hydrogen (secondary N) is 1. The number of ether oxygens (including phenoxy) is 1. The van der Waals surface area contributed by atoms with Crippen molar-refractivity contribution in [3.8, 4) is 5.75 Å². The maximum absolute atomic E-state index is 12.5. The summed E-state index contributed by atoms with van der Waals surface area (Å²) < 4.78 is 29.2. The largest absolute Gasteiger partial charge is 0.434 e. The van der Waals surface area contributed by atoms with Crippen LogP contribution in [0.15, 0.2) is 18.2 Å². The van der Waals surface area contributed by atoms with Crippen LogP contribution in [-0.2, 0) is 0 Å². The van der Waals surface area contributed by atoms with Crippen molar-refractivity contribution in [3.05, 3.63) is 33.9 Å². The van der Waals surface area contributed by atoms with Crippen LogP contribution < -0.4 is 10.1 Å². The number of piperazine rings is 1. The smallest absolute Gasteiger partial charge is 0.387 e. The van der Waals surface area contributed by atoms with Crippen LogP contribution in [0.25, 0.3) is 0 Å². The average Bonchev–Trinajstić information content (AvgIpc) is 2.46. The molecule has 2 rings (SSSR count). The molecule has 0 spiro atoms. The van der Waals surface area contributed by atoms with E-state index in [9.17, 15) is 23.7 Å². The molecule has 0 saturated carbocycles. The number of amides is 1. The number of nitro benzene ring substituents is 1. The summed E-state index contributed by atoms with van der Waals surface area (Å²) in [5, 5.41) is 14.0. The van der Waals surface area contributed by atoms with Gasteiger partial charge < -0.3 is 15.0 Å². The minimum atomic E-state index is -3.12. The molecular weight excluding hydrogens is 336 g/mol. The zero-order chi connectivity index (χ0) is 16.3. The Morgan fingerprint density at radius 2 is 2.22 bits per heavy atom. The third-order valence-electron chi connectivity index (χ3n) is 3.28. The lowest BCUT2D eigenvalue weighted by Gasteiger charge is -2.32. The number of carbonyl (C=O) groups is 1. The van der Waals surface area contributed by atoms with Crippen LogP contribution in [-0.4, -0.2) is 48.0 Å². The molecule has 0 unspecified atom stereocenters. The molecule has 1 saturated heterocycles. The number of nitrogens with zero attached hydrogens (tertiary/aromatic N) is 2. The van der Waals surface area contributed by atoms with Crippen molar-refractivity contribution in [3.63, 3.8) is 0 Å². The number of halogens is 3. The number of carbonyl (C=O) groups excluding carboxylic acids is 1. The van der Waals surface area contributed by atoms with E-state index in [4.69, 9.17) is 0 Å². The predicted molar refractivity (Wildman–Crippen MR) is 80.3 cm³/mol. The fourth-order valence-corrected chi connectivity index (χ4v) is 2.28. The highest BCUT2D eigenvalue weighted by molar-refractivity contribution is 5.97. The second-order valence-electron chi connectivity index (χ2n) is 4.92. The lowest BCUT2D eigenvalue weighted by atomic mass is 10.1. The summed E-state index contributed by atoms with van der Waals surface area (Å²) in [6.07, 6.45) is 0. The fraction of sp³-hybridized carbons (Fsp3) is 0.462. The van der Waals surface area contributed by atoms with E-state index >= 15 is 0 Å². The van der Waals surface area contributed by atoms with Crippen molar-refractivity contribution in [2.75, 3.05) is 19.6 Å². The molecule has 1 fully saturated rings.